The highest BCUT2D eigenvalue weighted by molar-refractivity contribution is 7.07. The number of carbonyl (C=O) groups is 1. The molecule has 0 saturated heterocycles. The van der Waals surface area contributed by atoms with Crippen LogP contribution in [-0.4, -0.2) is 22.6 Å². The molecule has 17 heavy (non-hydrogen) atoms. The molecule has 2 heterocycles. The number of aromatic nitrogens is 1. The quantitative estimate of drug-likeness (QED) is 0.853. The fourth-order valence-electron chi connectivity index (χ4n) is 1.50. The Bertz CT molecular complexity index is 497. The van der Waals surface area contributed by atoms with Crippen molar-refractivity contribution in [2.45, 2.75) is 6.42 Å². The summed E-state index contributed by atoms with van der Waals surface area (Å²) in [7, 11) is 0. The predicted octanol–water partition coefficient (Wildman–Crippen LogP) is 2.50. The number of carboxylic acid groups (broad SMARTS) is 1. The van der Waals surface area contributed by atoms with Crippen molar-refractivity contribution in [3.63, 3.8) is 0 Å². The van der Waals surface area contributed by atoms with Gasteiger partial charge < -0.3 is 10.4 Å². The molecule has 0 unspecified atom stereocenters. The molecule has 0 aliphatic carbocycles. The molecular weight excluding hydrogens is 236 g/mol. The van der Waals surface area contributed by atoms with E-state index in [-0.39, 0.29) is 5.56 Å². The zero-order valence-corrected chi connectivity index (χ0v) is 9.91. The molecule has 2 rings (SSSR count). The van der Waals surface area contributed by atoms with Crippen LogP contribution in [0.2, 0.25) is 0 Å². The fraction of sp³-hybridized carbons (Fsp3) is 0.167. The largest absolute Gasteiger partial charge is 0.478 e. The number of thiophene rings is 1. The monoisotopic (exact) mass is 248 g/mol. The minimum Gasteiger partial charge on any atom is -0.478 e. The van der Waals surface area contributed by atoms with Crippen LogP contribution in [0.4, 0.5) is 5.69 Å². The van der Waals surface area contributed by atoms with Crippen molar-refractivity contribution in [3.05, 3.63) is 46.4 Å². The van der Waals surface area contributed by atoms with Gasteiger partial charge in [-0.1, -0.05) is 0 Å². The molecule has 2 N–H and O–H groups in total. The van der Waals surface area contributed by atoms with Crippen molar-refractivity contribution in [1.29, 1.82) is 0 Å². The lowest BCUT2D eigenvalue weighted by Crippen LogP contribution is -2.09. The van der Waals surface area contributed by atoms with Gasteiger partial charge in [0, 0.05) is 18.9 Å². The molecule has 0 saturated carbocycles. The highest BCUT2D eigenvalue weighted by Gasteiger charge is 2.08. The first-order chi connectivity index (χ1) is 8.27. The Morgan fingerprint density at radius 2 is 2.35 bits per heavy atom. The number of hydrogen-bond acceptors (Lipinski definition) is 4. The Labute approximate surface area is 103 Å². The standard InChI is InChI=1S/C12H12N2O2S/c15-12(16)10-7-13-4-2-11(10)14-5-1-9-3-6-17-8-9/h2-4,6-8H,1,5H2,(H,13,14)(H,15,16). The average molecular weight is 248 g/mol. The molecule has 88 valence electrons. The number of anilines is 1. The molecule has 0 spiro atoms. The van der Waals surface area contributed by atoms with Crippen LogP contribution in [0.15, 0.2) is 35.3 Å². The molecule has 0 atom stereocenters. The van der Waals surface area contributed by atoms with Crippen LogP contribution in [0.1, 0.15) is 15.9 Å². The second-order valence-electron chi connectivity index (χ2n) is 3.53. The summed E-state index contributed by atoms with van der Waals surface area (Å²) in [5.41, 5.74) is 2.08. The first kappa shape index (κ1) is 11.6. The molecule has 0 fully saturated rings. The van der Waals surface area contributed by atoms with Crippen LogP contribution >= 0.6 is 11.3 Å². The van der Waals surface area contributed by atoms with Crippen molar-refractivity contribution in [2.24, 2.45) is 0 Å². The first-order valence-electron chi connectivity index (χ1n) is 5.19. The van der Waals surface area contributed by atoms with E-state index in [2.05, 4.69) is 21.7 Å². The minimum atomic E-state index is -0.962. The summed E-state index contributed by atoms with van der Waals surface area (Å²) in [4.78, 5) is 14.7. The van der Waals surface area contributed by atoms with E-state index in [0.717, 1.165) is 6.42 Å². The van der Waals surface area contributed by atoms with Crippen LogP contribution < -0.4 is 5.32 Å². The third kappa shape index (κ3) is 3.04. The minimum absolute atomic E-state index is 0.206. The van der Waals surface area contributed by atoms with Crippen LogP contribution in [0, 0.1) is 0 Å². The molecule has 2 aromatic rings. The molecule has 0 bridgehead atoms. The second-order valence-corrected chi connectivity index (χ2v) is 4.31. The fourth-order valence-corrected chi connectivity index (χ4v) is 2.20. The van der Waals surface area contributed by atoms with Gasteiger partial charge in [0.2, 0.25) is 0 Å². The number of rotatable bonds is 5. The summed E-state index contributed by atoms with van der Waals surface area (Å²) < 4.78 is 0. The molecule has 0 aliphatic heterocycles. The maximum atomic E-state index is 10.9. The van der Waals surface area contributed by atoms with Gasteiger partial charge in [0.1, 0.15) is 5.56 Å². The van der Waals surface area contributed by atoms with Gasteiger partial charge in [-0.05, 0) is 34.9 Å². The Morgan fingerprint density at radius 1 is 1.47 bits per heavy atom. The summed E-state index contributed by atoms with van der Waals surface area (Å²) >= 11 is 1.66. The van der Waals surface area contributed by atoms with Gasteiger partial charge in [-0.25, -0.2) is 4.79 Å². The van der Waals surface area contributed by atoms with Crippen molar-refractivity contribution < 1.29 is 9.90 Å². The van der Waals surface area contributed by atoms with Crippen LogP contribution in [-0.2, 0) is 6.42 Å². The predicted molar refractivity (Wildman–Crippen MR) is 67.7 cm³/mol. The molecule has 0 aliphatic rings. The topological polar surface area (TPSA) is 62.2 Å². The number of nitrogens with zero attached hydrogens (tertiary/aromatic N) is 1. The zero-order chi connectivity index (χ0) is 12.1. The maximum absolute atomic E-state index is 10.9. The van der Waals surface area contributed by atoms with Gasteiger partial charge in [0.05, 0.1) is 5.69 Å². The Balaban J connectivity index is 1.97. The van der Waals surface area contributed by atoms with E-state index in [9.17, 15) is 4.79 Å². The SMILES string of the molecule is O=C(O)c1cnccc1NCCc1ccsc1. The van der Waals surface area contributed by atoms with E-state index in [0.29, 0.717) is 12.2 Å². The lowest BCUT2D eigenvalue weighted by atomic mass is 10.2. The lowest BCUT2D eigenvalue weighted by molar-refractivity contribution is 0.0697. The van der Waals surface area contributed by atoms with Gasteiger partial charge in [0.15, 0.2) is 0 Å². The Hall–Kier alpha value is -1.88. The summed E-state index contributed by atoms with van der Waals surface area (Å²) in [6.45, 7) is 0.709. The van der Waals surface area contributed by atoms with Gasteiger partial charge in [0.25, 0.3) is 0 Å². The molecule has 5 heteroatoms. The Morgan fingerprint density at radius 3 is 3.06 bits per heavy atom. The van der Waals surface area contributed by atoms with E-state index in [1.165, 1.54) is 11.8 Å². The van der Waals surface area contributed by atoms with E-state index in [1.54, 1.807) is 23.6 Å². The lowest BCUT2D eigenvalue weighted by Gasteiger charge is -2.08. The Kier molecular flexibility index (Phi) is 3.72. The summed E-state index contributed by atoms with van der Waals surface area (Å²) in [5, 5.41) is 16.2. The van der Waals surface area contributed by atoms with Crippen LogP contribution in [0.3, 0.4) is 0 Å². The molecule has 0 radical (unpaired) electrons. The normalized spacial score (nSPS) is 10.1. The number of nitrogens with one attached hydrogen (secondary N) is 1. The number of hydrogen-bond donors (Lipinski definition) is 2. The summed E-state index contributed by atoms with van der Waals surface area (Å²) in [6.07, 6.45) is 3.82. The number of carboxylic acids is 1. The van der Waals surface area contributed by atoms with Gasteiger partial charge in [-0.2, -0.15) is 11.3 Å². The molecule has 0 aromatic carbocycles. The smallest absolute Gasteiger partial charge is 0.339 e. The van der Waals surface area contributed by atoms with Crippen molar-refractivity contribution in [2.75, 3.05) is 11.9 Å². The van der Waals surface area contributed by atoms with E-state index < -0.39 is 5.97 Å². The van der Waals surface area contributed by atoms with E-state index in [1.807, 2.05) is 5.38 Å². The number of aromatic carboxylic acids is 1. The van der Waals surface area contributed by atoms with Gasteiger partial charge in [-0.15, -0.1) is 0 Å². The summed E-state index contributed by atoms with van der Waals surface area (Å²) in [5.74, 6) is -0.962. The maximum Gasteiger partial charge on any atom is 0.339 e. The second kappa shape index (κ2) is 5.45. The van der Waals surface area contributed by atoms with Crippen LogP contribution in [0.25, 0.3) is 0 Å². The third-order valence-corrected chi connectivity index (χ3v) is 3.09. The molecular formula is C12H12N2O2S. The molecule has 2 aromatic heterocycles. The van der Waals surface area contributed by atoms with Crippen LogP contribution in [0.5, 0.6) is 0 Å². The van der Waals surface area contributed by atoms with E-state index >= 15 is 0 Å². The molecule has 0 amide bonds. The zero-order valence-electron chi connectivity index (χ0n) is 9.09. The third-order valence-electron chi connectivity index (χ3n) is 2.36. The highest BCUT2D eigenvalue weighted by atomic mass is 32.1. The first-order valence-corrected chi connectivity index (χ1v) is 6.14. The summed E-state index contributed by atoms with van der Waals surface area (Å²) in [6, 6.07) is 3.74. The van der Waals surface area contributed by atoms with Crippen molar-refractivity contribution in [3.8, 4) is 0 Å². The van der Waals surface area contributed by atoms with Gasteiger partial charge >= 0.3 is 5.97 Å². The van der Waals surface area contributed by atoms with Crippen molar-refractivity contribution >= 4 is 23.0 Å². The number of pyridine rings is 1. The molecule has 4 nitrogen and oxygen atoms in total. The average Bonchev–Trinajstić information content (AvgIpc) is 2.82. The highest BCUT2D eigenvalue weighted by Crippen LogP contribution is 2.14. The van der Waals surface area contributed by atoms with Crippen molar-refractivity contribution in [1.82, 2.24) is 4.98 Å². The van der Waals surface area contributed by atoms with E-state index in [4.69, 9.17) is 5.11 Å². The van der Waals surface area contributed by atoms with Gasteiger partial charge in [-0.3, -0.25) is 4.98 Å².